The Morgan fingerprint density at radius 3 is 1.52 bits per heavy atom. The molecular weight excluding hydrogens is 276 g/mol. The van der Waals surface area contributed by atoms with E-state index in [0.29, 0.717) is 0 Å². The summed E-state index contributed by atoms with van der Waals surface area (Å²) in [6, 6.07) is 2.38. The first-order chi connectivity index (χ1) is 9.67. The molecule has 0 rings (SSSR count). The van der Waals surface area contributed by atoms with Crippen LogP contribution in [0.5, 0.6) is 0 Å². The van der Waals surface area contributed by atoms with Gasteiger partial charge >= 0.3 is 0 Å². The zero-order chi connectivity index (χ0) is 16.5. The van der Waals surface area contributed by atoms with Gasteiger partial charge in [-0.25, -0.2) is 9.98 Å². The molecule has 0 aromatic carbocycles. The molecule has 0 aliphatic heterocycles. The molecule has 120 valence electrons. The summed E-state index contributed by atoms with van der Waals surface area (Å²) in [6.07, 6.45) is 0. The van der Waals surface area contributed by atoms with Gasteiger partial charge in [-0.1, -0.05) is 0 Å². The Kier molecular flexibility index (Phi) is 7.80. The highest BCUT2D eigenvalue weighted by atomic mass is 16.3. The summed E-state index contributed by atoms with van der Waals surface area (Å²) >= 11 is 0. The van der Waals surface area contributed by atoms with Gasteiger partial charge in [0.05, 0.1) is 19.2 Å². The standard InChI is InChI=1S/C13H24N4O4/c1-12(2,10(20)14-5-7-18)16-9-17-13(3,4)11(21)15-6-8-19/h18-19H,5-8H2,1-4H3,(H,14,20)(H,15,21). The zero-order valence-electron chi connectivity index (χ0n) is 12.9. The third kappa shape index (κ3) is 6.99. The van der Waals surface area contributed by atoms with Crippen LogP contribution in [0.2, 0.25) is 0 Å². The predicted octanol–water partition coefficient (Wildman–Crippen LogP) is -1.07. The summed E-state index contributed by atoms with van der Waals surface area (Å²) in [7, 11) is 0. The topological polar surface area (TPSA) is 123 Å². The fraction of sp³-hybridized carbons (Fsp3) is 0.769. The number of carbonyl (C=O) groups excluding carboxylic acids is 2. The third-order valence-electron chi connectivity index (χ3n) is 2.57. The Labute approximate surface area is 124 Å². The van der Waals surface area contributed by atoms with Gasteiger partial charge in [0.25, 0.3) is 0 Å². The highest BCUT2D eigenvalue weighted by Crippen LogP contribution is 2.10. The number of rotatable bonds is 8. The largest absolute Gasteiger partial charge is 0.395 e. The molecule has 0 fully saturated rings. The van der Waals surface area contributed by atoms with E-state index in [1.54, 1.807) is 27.7 Å². The fourth-order valence-electron chi connectivity index (χ4n) is 1.15. The molecule has 0 spiro atoms. The first-order valence-corrected chi connectivity index (χ1v) is 6.64. The van der Waals surface area contributed by atoms with Gasteiger partial charge in [-0.05, 0) is 27.7 Å². The number of aliphatic hydroxyl groups is 2. The van der Waals surface area contributed by atoms with E-state index < -0.39 is 11.1 Å². The van der Waals surface area contributed by atoms with Crippen LogP contribution in [-0.2, 0) is 9.59 Å². The van der Waals surface area contributed by atoms with Crippen LogP contribution in [0.4, 0.5) is 0 Å². The maximum atomic E-state index is 11.7. The lowest BCUT2D eigenvalue weighted by Gasteiger charge is -2.18. The molecule has 4 N–H and O–H groups in total. The minimum atomic E-state index is -1.10. The van der Waals surface area contributed by atoms with Crippen molar-refractivity contribution >= 4 is 17.8 Å². The number of nitrogens with one attached hydrogen (secondary N) is 2. The van der Waals surface area contributed by atoms with Crippen molar-refractivity contribution in [1.82, 2.24) is 10.6 Å². The van der Waals surface area contributed by atoms with E-state index in [4.69, 9.17) is 10.2 Å². The number of carbonyl (C=O) groups is 2. The SMILES string of the molecule is CC(C)(N=C=NC(C)(C)C(=O)NCCO)C(=O)NCCO. The molecule has 8 nitrogen and oxygen atoms in total. The Bertz CT molecular complexity index is 390. The molecule has 8 heteroatoms. The van der Waals surface area contributed by atoms with Crippen LogP contribution in [0, 0.1) is 0 Å². The van der Waals surface area contributed by atoms with E-state index in [-0.39, 0.29) is 38.1 Å². The number of amides is 2. The summed E-state index contributed by atoms with van der Waals surface area (Å²) < 4.78 is 0. The van der Waals surface area contributed by atoms with Crippen molar-refractivity contribution in [2.75, 3.05) is 26.3 Å². The van der Waals surface area contributed by atoms with Gasteiger partial charge in [-0.3, -0.25) is 9.59 Å². The van der Waals surface area contributed by atoms with Crippen LogP contribution in [0.15, 0.2) is 9.98 Å². The van der Waals surface area contributed by atoms with E-state index in [1.165, 1.54) is 0 Å². The summed E-state index contributed by atoms with van der Waals surface area (Å²) in [4.78, 5) is 31.3. The van der Waals surface area contributed by atoms with Crippen molar-refractivity contribution in [3.8, 4) is 0 Å². The van der Waals surface area contributed by atoms with Gasteiger partial charge in [0, 0.05) is 13.1 Å². The number of hydrogen-bond acceptors (Lipinski definition) is 6. The van der Waals surface area contributed by atoms with E-state index >= 15 is 0 Å². The molecule has 0 aromatic heterocycles. The first-order valence-electron chi connectivity index (χ1n) is 6.64. The van der Waals surface area contributed by atoms with Gasteiger partial charge < -0.3 is 20.8 Å². The van der Waals surface area contributed by atoms with Crippen molar-refractivity contribution in [3.63, 3.8) is 0 Å². The molecule has 0 saturated heterocycles. The summed E-state index contributed by atoms with van der Waals surface area (Å²) in [5.41, 5.74) is -2.20. The average molecular weight is 300 g/mol. The minimum absolute atomic E-state index is 0.143. The molecule has 2 amide bonds. The molecule has 21 heavy (non-hydrogen) atoms. The van der Waals surface area contributed by atoms with Crippen molar-refractivity contribution in [2.45, 2.75) is 38.8 Å². The highest BCUT2D eigenvalue weighted by molar-refractivity contribution is 5.87. The third-order valence-corrected chi connectivity index (χ3v) is 2.57. The number of aliphatic imine (C=N–C) groups is 2. The van der Waals surface area contributed by atoms with Crippen LogP contribution in [0.1, 0.15) is 27.7 Å². The van der Waals surface area contributed by atoms with Crippen molar-refractivity contribution in [1.29, 1.82) is 0 Å². The molecule has 0 bridgehead atoms. The molecule has 0 heterocycles. The maximum absolute atomic E-state index is 11.7. The quantitative estimate of drug-likeness (QED) is 0.426. The molecule has 0 radical (unpaired) electrons. The second-order valence-corrected chi connectivity index (χ2v) is 5.40. The smallest absolute Gasteiger partial charge is 0.248 e. The highest BCUT2D eigenvalue weighted by Gasteiger charge is 2.28. The van der Waals surface area contributed by atoms with Gasteiger partial charge in [-0.15, -0.1) is 0 Å². The second kappa shape index (κ2) is 8.51. The van der Waals surface area contributed by atoms with Crippen molar-refractivity contribution < 1.29 is 19.8 Å². The number of hydrogen-bond donors (Lipinski definition) is 4. The molecule has 0 saturated carbocycles. The Hall–Kier alpha value is -1.76. The summed E-state index contributed by atoms with van der Waals surface area (Å²) in [6.45, 7) is 6.26. The predicted molar refractivity (Wildman–Crippen MR) is 78.2 cm³/mol. The molecule has 0 aliphatic rings. The van der Waals surface area contributed by atoms with Crippen molar-refractivity contribution in [3.05, 3.63) is 0 Å². The van der Waals surface area contributed by atoms with Gasteiger partial charge in [-0.2, -0.15) is 0 Å². The Balaban J connectivity index is 4.82. The van der Waals surface area contributed by atoms with Crippen LogP contribution in [0.3, 0.4) is 0 Å². The average Bonchev–Trinajstić information content (AvgIpc) is 2.41. The summed E-state index contributed by atoms with van der Waals surface area (Å²) in [5, 5.41) is 22.3. The maximum Gasteiger partial charge on any atom is 0.248 e. The second-order valence-electron chi connectivity index (χ2n) is 5.40. The summed E-state index contributed by atoms with van der Waals surface area (Å²) in [5.74, 6) is -0.747. The Morgan fingerprint density at radius 1 is 0.905 bits per heavy atom. The minimum Gasteiger partial charge on any atom is -0.395 e. The van der Waals surface area contributed by atoms with E-state index in [2.05, 4.69) is 26.6 Å². The molecule has 0 aliphatic carbocycles. The van der Waals surface area contributed by atoms with Gasteiger partial charge in [0.2, 0.25) is 11.8 Å². The van der Waals surface area contributed by atoms with E-state index in [9.17, 15) is 9.59 Å². The lowest BCUT2D eigenvalue weighted by Crippen LogP contribution is -2.42. The Morgan fingerprint density at radius 2 is 1.24 bits per heavy atom. The normalized spacial score (nSPS) is 11.3. The number of nitrogens with zero attached hydrogens (tertiary/aromatic N) is 2. The molecular formula is C13H24N4O4. The molecule has 0 atom stereocenters. The van der Waals surface area contributed by atoms with Gasteiger partial charge in [0.15, 0.2) is 0 Å². The molecule has 0 unspecified atom stereocenters. The zero-order valence-corrected chi connectivity index (χ0v) is 12.9. The van der Waals surface area contributed by atoms with Gasteiger partial charge in [0.1, 0.15) is 11.1 Å². The number of aliphatic hydroxyl groups excluding tert-OH is 2. The van der Waals surface area contributed by atoms with Crippen LogP contribution >= 0.6 is 0 Å². The van der Waals surface area contributed by atoms with Crippen LogP contribution < -0.4 is 10.6 Å². The van der Waals surface area contributed by atoms with E-state index in [1.807, 2.05) is 0 Å². The fourth-order valence-corrected chi connectivity index (χ4v) is 1.15. The monoisotopic (exact) mass is 300 g/mol. The lowest BCUT2D eigenvalue weighted by atomic mass is 10.1. The lowest BCUT2D eigenvalue weighted by molar-refractivity contribution is -0.125. The van der Waals surface area contributed by atoms with Crippen LogP contribution in [0.25, 0.3) is 0 Å². The first kappa shape index (κ1) is 19.2. The van der Waals surface area contributed by atoms with E-state index in [0.717, 1.165) is 0 Å². The van der Waals surface area contributed by atoms with Crippen LogP contribution in [-0.4, -0.2) is 65.4 Å². The molecule has 0 aromatic rings. The van der Waals surface area contributed by atoms with Crippen molar-refractivity contribution in [2.24, 2.45) is 9.98 Å².